The first-order chi connectivity index (χ1) is 9.15. The Hall–Kier alpha value is -1.30. The summed E-state index contributed by atoms with van der Waals surface area (Å²) in [7, 11) is 2.02. The summed E-state index contributed by atoms with van der Waals surface area (Å²) in [6.45, 7) is 1.64. The molecule has 0 spiro atoms. The lowest BCUT2D eigenvalue weighted by Gasteiger charge is -2.17. The third-order valence-corrected chi connectivity index (χ3v) is 3.74. The Labute approximate surface area is 116 Å². The topological polar surface area (TPSA) is 36.4 Å². The fraction of sp³-hybridized carbons (Fsp3) is 0.357. The Bertz CT molecular complexity index is 487. The SMILES string of the molecule is CN(CCC(O)c1ccc(F)cn1)Cc1cccs1. The van der Waals surface area contributed by atoms with Gasteiger partial charge >= 0.3 is 0 Å². The van der Waals surface area contributed by atoms with E-state index < -0.39 is 6.10 Å². The van der Waals surface area contributed by atoms with Crippen LogP contribution in [-0.4, -0.2) is 28.6 Å². The van der Waals surface area contributed by atoms with E-state index in [0.29, 0.717) is 12.1 Å². The molecule has 0 aliphatic carbocycles. The largest absolute Gasteiger partial charge is 0.387 e. The van der Waals surface area contributed by atoms with E-state index in [1.807, 2.05) is 13.1 Å². The first-order valence-corrected chi connectivity index (χ1v) is 7.03. The van der Waals surface area contributed by atoms with Gasteiger partial charge in [-0.15, -0.1) is 11.3 Å². The van der Waals surface area contributed by atoms with Crippen LogP contribution in [-0.2, 0) is 6.54 Å². The summed E-state index contributed by atoms with van der Waals surface area (Å²) in [4.78, 5) is 7.34. The van der Waals surface area contributed by atoms with Crippen LogP contribution in [0.4, 0.5) is 4.39 Å². The number of pyridine rings is 1. The molecule has 1 unspecified atom stereocenters. The summed E-state index contributed by atoms with van der Waals surface area (Å²) < 4.78 is 12.7. The molecule has 2 aromatic rings. The zero-order chi connectivity index (χ0) is 13.7. The van der Waals surface area contributed by atoms with Crippen LogP contribution >= 0.6 is 11.3 Å². The van der Waals surface area contributed by atoms with E-state index in [-0.39, 0.29) is 5.82 Å². The molecule has 0 saturated carbocycles. The van der Waals surface area contributed by atoms with Gasteiger partial charge in [0.05, 0.1) is 18.0 Å². The molecule has 19 heavy (non-hydrogen) atoms. The number of hydrogen-bond acceptors (Lipinski definition) is 4. The highest BCUT2D eigenvalue weighted by Crippen LogP contribution is 2.16. The van der Waals surface area contributed by atoms with Crippen LogP contribution < -0.4 is 0 Å². The molecule has 5 heteroatoms. The van der Waals surface area contributed by atoms with E-state index >= 15 is 0 Å². The molecule has 0 fully saturated rings. The number of nitrogens with zero attached hydrogens (tertiary/aromatic N) is 2. The zero-order valence-electron chi connectivity index (χ0n) is 10.8. The van der Waals surface area contributed by atoms with Gasteiger partial charge in [-0.25, -0.2) is 4.39 Å². The average Bonchev–Trinajstić information content (AvgIpc) is 2.89. The second kappa shape index (κ2) is 6.75. The van der Waals surface area contributed by atoms with Crippen LogP contribution in [0.3, 0.4) is 0 Å². The molecule has 0 aliphatic heterocycles. The molecular weight excluding hydrogens is 263 g/mol. The van der Waals surface area contributed by atoms with Crippen molar-refractivity contribution in [1.29, 1.82) is 0 Å². The van der Waals surface area contributed by atoms with Crippen molar-refractivity contribution >= 4 is 11.3 Å². The van der Waals surface area contributed by atoms with Crippen molar-refractivity contribution in [2.24, 2.45) is 0 Å². The minimum atomic E-state index is -0.647. The smallest absolute Gasteiger partial charge is 0.141 e. The predicted octanol–water partition coefficient (Wildman–Crippen LogP) is 2.84. The fourth-order valence-corrected chi connectivity index (χ4v) is 2.61. The molecule has 2 aromatic heterocycles. The summed E-state index contributed by atoms with van der Waals surface area (Å²) in [5.41, 5.74) is 0.519. The molecule has 0 aromatic carbocycles. The van der Waals surface area contributed by atoms with Crippen LogP contribution in [0, 0.1) is 5.82 Å². The molecular formula is C14H17FN2OS. The third kappa shape index (κ3) is 4.38. The first kappa shape index (κ1) is 14.1. The molecule has 0 bridgehead atoms. The number of halogens is 1. The van der Waals surface area contributed by atoms with Gasteiger partial charge in [0.15, 0.2) is 0 Å². The van der Waals surface area contributed by atoms with E-state index in [4.69, 9.17) is 0 Å². The van der Waals surface area contributed by atoms with Gasteiger partial charge < -0.3 is 10.0 Å². The van der Waals surface area contributed by atoms with Crippen molar-refractivity contribution < 1.29 is 9.50 Å². The van der Waals surface area contributed by atoms with Crippen LogP contribution in [0.5, 0.6) is 0 Å². The normalized spacial score (nSPS) is 12.8. The minimum absolute atomic E-state index is 0.384. The van der Waals surface area contributed by atoms with Crippen molar-refractivity contribution in [3.8, 4) is 0 Å². The molecule has 0 amide bonds. The molecule has 0 saturated heterocycles. The van der Waals surface area contributed by atoms with Gasteiger partial charge in [0.25, 0.3) is 0 Å². The number of aliphatic hydroxyl groups excluding tert-OH is 1. The number of hydrogen-bond donors (Lipinski definition) is 1. The van der Waals surface area contributed by atoms with Gasteiger partial charge in [0, 0.05) is 18.0 Å². The third-order valence-electron chi connectivity index (χ3n) is 2.88. The van der Waals surface area contributed by atoms with Crippen molar-refractivity contribution in [2.45, 2.75) is 19.1 Å². The standard InChI is InChI=1S/C14H17FN2OS/c1-17(10-12-3-2-8-19-12)7-6-14(18)13-5-4-11(15)9-16-13/h2-5,8-9,14,18H,6-7,10H2,1H3. The molecule has 0 aliphatic rings. The Morgan fingerprint density at radius 1 is 1.42 bits per heavy atom. The zero-order valence-corrected chi connectivity index (χ0v) is 11.6. The lowest BCUT2D eigenvalue weighted by Crippen LogP contribution is -2.20. The van der Waals surface area contributed by atoms with E-state index in [1.165, 1.54) is 17.0 Å². The Balaban J connectivity index is 1.79. The molecule has 1 N–H and O–H groups in total. The fourth-order valence-electron chi connectivity index (χ4n) is 1.82. The molecule has 0 radical (unpaired) electrons. The monoisotopic (exact) mass is 280 g/mol. The molecule has 102 valence electrons. The predicted molar refractivity (Wildman–Crippen MR) is 74.4 cm³/mol. The summed E-state index contributed by atoms with van der Waals surface area (Å²) in [6, 6.07) is 6.98. The van der Waals surface area contributed by atoms with Crippen LogP contribution in [0.1, 0.15) is 23.1 Å². The van der Waals surface area contributed by atoms with Crippen molar-refractivity contribution in [1.82, 2.24) is 9.88 Å². The number of thiophene rings is 1. The summed E-state index contributed by atoms with van der Waals surface area (Å²) in [5, 5.41) is 12.0. The highest BCUT2D eigenvalue weighted by molar-refractivity contribution is 7.09. The first-order valence-electron chi connectivity index (χ1n) is 6.15. The summed E-state index contributed by atoms with van der Waals surface area (Å²) in [5.74, 6) is -0.384. The maximum Gasteiger partial charge on any atom is 0.141 e. The quantitative estimate of drug-likeness (QED) is 0.884. The lowest BCUT2D eigenvalue weighted by molar-refractivity contribution is 0.143. The summed E-state index contributed by atoms with van der Waals surface area (Å²) >= 11 is 1.73. The molecule has 1 atom stereocenters. The van der Waals surface area contributed by atoms with Gasteiger partial charge in [-0.1, -0.05) is 6.07 Å². The lowest BCUT2D eigenvalue weighted by atomic mass is 10.1. The van der Waals surface area contributed by atoms with Crippen molar-refractivity contribution in [3.05, 3.63) is 52.2 Å². The van der Waals surface area contributed by atoms with Crippen molar-refractivity contribution in [3.63, 3.8) is 0 Å². The number of rotatable bonds is 6. The van der Waals surface area contributed by atoms with Gasteiger partial charge in [-0.3, -0.25) is 4.98 Å². The second-order valence-electron chi connectivity index (χ2n) is 4.52. The molecule has 2 heterocycles. The number of aromatic nitrogens is 1. The van der Waals surface area contributed by atoms with E-state index in [1.54, 1.807) is 11.3 Å². The minimum Gasteiger partial charge on any atom is -0.387 e. The van der Waals surface area contributed by atoms with E-state index in [0.717, 1.165) is 19.3 Å². The Morgan fingerprint density at radius 3 is 2.89 bits per heavy atom. The highest BCUT2D eigenvalue weighted by atomic mass is 32.1. The van der Waals surface area contributed by atoms with Crippen LogP contribution in [0.15, 0.2) is 35.8 Å². The highest BCUT2D eigenvalue weighted by Gasteiger charge is 2.10. The van der Waals surface area contributed by atoms with Crippen LogP contribution in [0.2, 0.25) is 0 Å². The summed E-state index contributed by atoms with van der Waals surface area (Å²) in [6.07, 6.45) is 1.07. The van der Waals surface area contributed by atoms with Gasteiger partial charge in [0.1, 0.15) is 5.82 Å². The van der Waals surface area contributed by atoms with Gasteiger partial charge in [-0.2, -0.15) is 0 Å². The van der Waals surface area contributed by atoms with Gasteiger partial charge in [0.2, 0.25) is 0 Å². The van der Waals surface area contributed by atoms with E-state index in [2.05, 4.69) is 21.3 Å². The average molecular weight is 280 g/mol. The van der Waals surface area contributed by atoms with Crippen molar-refractivity contribution in [2.75, 3.05) is 13.6 Å². The van der Waals surface area contributed by atoms with E-state index in [9.17, 15) is 9.50 Å². The van der Waals surface area contributed by atoms with Gasteiger partial charge in [-0.05, 0) is 37.0 Å². The number of aliphatic hydroxyl groups is 1. The maximum atomic E-state index is 12.7. The molecule has 2 rings (SSSR count). The Kier molecular flexibility index (Phi) is 5.01. The Morgan fingerprint density at radius 2 is 2.26 bits per heavy atom. The molecule has 3 nitrogen and oxygen atoms in total. The van der Waals surface area contributed by atoms with Crippen LogP contribution in [0.25, 0.3) is 0 Å². The maximum absolute atomic E-state index is 12.7. The second-order valence-corrected chi connectivity index (χ2v) is 5.56.